The number of aromatic nitrogens is 1. The van der Waals surface area contributed by atoms with E-state index in [1.807, 2.05) is 6.07 Å². The molecule has 0 aromatic carbocycles. The minimum atomic E-state index is -2.57. The number of alkyl halides is 2. The van der Waals surface area contributed by atoms with E-state index in [9.17, 15) is 14.0 Å². The number of ether oxygens (including phenoxy) is 1. The molecule has 0 amide bonds. The van der Waals surface area contributed by atoms with E-state index in [1.165, 1.54) is 6.20 Å². The zero-order chi connectivity index (χ0) is 22.0. The molecule has 3 heterocycles. The lowest BCUT2D eigenvalue weighted by atomic mass is 9.90. The third-order valence-corrected chi connectivity index (χ3v) is 7.03. The van der Waals surface area contributed by atoms with Crippen LogP contribution in [-0.2, 0) is 11.2 Å². The van der Waals surface area contributed by atoms with E-state index in [1.54, 1.807) is 0 Å². The maximum absolute atomic E-state index is 13.1. The molecule has 1 N–H and O–H groups in total. The Hall–Kier alpha value is -2.05. The molecule has 166 valence electrons. The Labute approximate surface area is 188 Å². The van der Waals surface area contributed by atoms with Gasteiger partial charge in [-0.25, -0.2) is 18.3 Å². The molecule has 31 heavy (non-hydrogen) atoms. The summed E-state index contributed by atoms with van der Waals surface area (Å²) >= 11 is 3.51. The Morgan fingerprint density at radius 1 is 1.35 bits per heavy atom. The fourth-order valence-corrected chi connectivity index (χ4v) is 5.25. The summed E-state index contributed by atoms with van der Waals surface area (Å²) in [7, 11) is 2.15. The number of anilines is 1. The Kier molecular flexibility index (Phi) is 6.87. The molecule has 2 fully saturated rings. The standard InChI is InChI=1S/C22H26BrF2N4O2/c1-29(11-13-6-7-30-12-13)15-4-2-14(3-5-15)28-22-21(23)20-16(8-19(24)25)17(9-26)31-18(20)10-27-22/h10-11,13-15,19H,2-8,12H2,1H3,(H,27,28)/q+1. The fourth-order valence-electron chi connectivity index (χ4n) is 4.60. The molecular weight excluding hydrogens is 470 g/mol. The number of nitrogens with zero attached hydrogens (tertiary/aromatic N) is 3. The van der Waals surface area contributed by atoms with Gasteiger partial charge in [-0.2, -0.15) is 5.26 Å². The van der Waals surface area contributed by atoms with Gasteiger partial charge in [-0.3, -0.25) is 0 Å². The number of furan rings is 1. The Bertz CT molecular complexity index is 1000. The monoisotopic (exact) mass is 495 g/mol. The molecule has 0 bridgehead atoms. The van der Waals surface area contributed by atoms with Gasteiger partial charge in [0.15, 0.2) is 11.6 Å². The minimum Gasteiger partial charge on any atom is -0.444 e. The van der Waals surface area contributed by atoms with Gasteiger partial charge in [-0.1, -0.05) is 0 Å². The van der Waals surface area contributed by atoms with Crippen molar-refractivity contribution >= 4 is 38.9 Å². The molecule has 1 saturated heterocycles. The zero-order valence-corrected chi connectivity index (χ0v) is 19.0. The fraction of sp³-hybridized carbons (Fsp3) is 0.591. The molecule has 1 unspecified atom stereocenters. The summed E-state index contributed by atoms with van der Waals surface area (Å²) in [6, 6.07) is 2.64. The van der Waals surface area contributed by atoms with Crippen LogP contribution in [0, 0.1) is 17.2 Å². The van der Waals surface area contributed by atoms with Gasteiger partial charge in [0.05, 0.1) is 23.2 Å². The molecule has 1 aliphatic heterocycles. The molecule has 6 nitrogen and oxygen atoms in total. The first-order valence-electron chi connectivity index (χ1n) is 10.7. The summed E-state index contributed by atoms with van der Waals surface area (Å²) in [4.78, 5) is 4.41. The van der Waals surface area contributed by atoms with Gasteiger partial charge in [-0.05, 0) is 35.2 Å². The van der Waals surface area contributed by atoms with Gasteiger partial charge in [0.25, 0.3) is 0 Å². The van der Waals surface area contributed by atoms with Crippen LogP contribution in [0.25, 0.3) is 11.0 Å². The highest BCUT2D eigenvalue weighted by atomic mass is 79.9. The number of hydrogen-bond donors (Lipinski definition) is 1. The van der Waals surface area contributed by atoms with Crippen molar-refractivity contribution < 1.29 is 22.5 Å². The van der Waals surface area contributed by atoms with Crippen LogP contribution in [0.5, 0.6) is 0 Å². The van der Waals surface area contributed by atoms with Crippen LogP contribution in [0.1, 0.15) is 43.4 Å². The zero-order valence-electron chi connectivity index (χ0n) is 17.4. The first-order valence-corrected chi connectivity index (χ1v) is 11.4. The molecule has 0 radical (unpaired) electrons. The topological polar surface area (TPSA) is 74.1 Å². The molecule has 4 rings (SSSR count). The molecule has 1 saturated carbocycles. The van der Waals surface area contributed by atoms with Crippen LogP contribution in [0.15, 0.2) is 15.1 Å². The molecule has 0 spiro atoms. The van der Waals surface area contributed by atoms with E-state index >= 15 is 0 Å². The molecule has 2 aromatic rings. The first-order chi connectivity index (χ1) is 15.0. The number of nitrogens with one attached hydrogen (secondary N) is 1. The summed E-state index contributed by atoms with van der Waals surface area (Å²) < 4.78 is 40.0. The average molecular weight is 496 g/mol. The first kappa shape index (κ1) is 22.2. The van der Waals surface area contributed by atoms with Gasteiger partial charge in [0.1, 0.15) is 25.1 Å². The van der Waals surface area contributed by atoms with E-state index in [-0.39, 0.29) is 17.4 Å². The van der Waals surface area contributed by atoms with Crippen molar-refractivity contribution in [3.63, 3.8) is 0 Å². The largest absolute Gasteiger partial charge is 0.444 e. The van der Waals surface area contributed by atoms with Gasteiger partial charge in [-0.15, -0.1) is 0 Å². The lowest BCUT2D eigenvalue weighted by Crippen LogP contribution is -2.35. The van der Waals surface area contributed by atoms with Gasteiger partial charge in [0.2, 0.25) is 12.2 Å². The maximum Gasteiger partial charge on any atom is 0.242 e. The number of fused-ring (bicyclic) bond motifs is 1. The van der Waals surface area contributed by atoms with Crippen LogP contribution in [0.3, 0.4) is 0 Å². The van der Waals surface area contributed by atoms with E-state index in [4.69, 9.17) is 9.15 Å². The smallest absolute Gasteiger partial charge is 0.242 e. The second kappa shape index (κ2) is 9.61. The lowest BCUT2D eigenvalue weighted by molar-refractivity contribution is -0.539. The van der Waals surface area contributed by atoms with Crippen LogP contribution in [-0.4, -0.2) is 54.5 Å². The molecule has 1 atom stereocenters. The number of pyridine rings is 1. The second-order valence-electron chi connectivity index (χ2n) is 8.36. The number of hydrogen-bond acceptors (Lipinski definition) is 5. The highest BCUT2D eigenvalue weighted by Gasteiger charge is 2.29. The summed E-state index contributed by atoms with van der Waals surface area (Å²) in [5, 5.41) is 13.2. The lowest BCUT2D eigenvalue weighted by Gasteiger charge is -2.27. The quantitative estimate of drug-likeness (QED) is 0.462. The normalized spacial score (nSPS) is 24.6. The summed E-state index contributed by atoms with van der Waals surface area (Å²) in [6.07, 6.45) is 5.94. The Balaban J connectivity index is 1.46. The summed E-state index contributed by atoms with van der Waals surface area (Å²) in [6.45, 7) is 1.67. The van der Waals surface area contributed by atoms with E-state index < -0.39 is 12.8 Å². The third-order valence-electron chi connectivity index (χ3n) is 6.26. The van der Waals surface area contributed by atoms with Crippen molar-refractivity contribution in [2.45, 2.75) is 57.0 Å². The summed E-state index contributed by atoms with van der Waals surface area (Å²) in [5.74, 6) is 1.03. The van der Waals surface area contributed by atoms with Crippen LogP contribution in [0.2, 0.25) is 0 Å². The number of halogens is 3. The Morgan fingerprint density at radius 3 is 2.77 bits per heavy atom. The predicted molar refractivity (Wildman–Crippen MR) is 117 cm³/mol. The second-order valence-corrected chi connectivity index (χ2v) is 9.16. The van der Waals surface area contributed by atoms with Gasteiger partial charge in [0, 0.05) is 42.9 Å². The highest BCUT2D eigenvalue weighted by molar-refractivity contribution is 9.10. The van der Waals surface area contributed by atoms with E-state index in [0.717, 1.165) is 45.3 Å². The van der Waals surface area contributed by atoms with Crippen molar-refractivity contribution in [1.29, 1.82) is 5.26 Å². The SMILES string of the molecule is C[N+](=CC1CCOC1)C1CCC(Nc2ncc3oc(C#N)c(CC(F)F)c3c2Br)CC1. The predicted octanol–water partition coefficient (Wildman–Crippen LogP) is 4.74. The minimum absolute atomic E-state index is 0.0811. The highest BCUT2D eigenvalue weighted by Crippen LogP contribution is 2.37. The molecule has 1 aliphatic carbocycles. The van der Waals surface area contributed by atoms with Crippen LogP contribution in [0.4, 0.5) is 14.6 Å². The van der Waals surface area contributed by atoms with Crippen molar-refractivity contribution in [3.8, 4) is 6.07 Å². The van der Waals surface area contributed by atoms with Crippen molar-refractivity contribution in [3.05, 3.63) is 22.0 Å². The summed E-state index contributed by atoms with van der Waals surface area (Å²) in [5.41, 5.74) is 0.558. The molecule has 2 aromatic heterocycles. The van der Waals surface area contributed by atoms with Crippen LogP contribution < -0.4 is 5.32 Å². The molecule has 2 aliphatic rings. The maximum atomic E-state index is 13.1. The van der Waals surface area contributed by atoms with Crippen LogP contribution >= 0.6 is 15.9 Å². The number of rotatable bonds is 6. The van der Waals surface area contributed by atoms with Gasteiger partial charge < -0.3 is 14.5 Å². The number of nitriles is 1. The average Bonchev–Trinajstić information content (AvgIpc) is 3.38. The molecular formula is C22H26BrF2N4O2+. The van der Waals surface area contributed by atoms with E-state index in [0.29, 0.717) is 33.2 Å². The van der Waals surface area contributed by atoms with E-state index in [2.05, 4.69) is 44.1 Å². The third kappa shape index (κ3) is 4.90. The Morgan fingerprint density at radius 2 is 2.13 bits per heavy atom. The molecule has 9 heteroatoms. The van der Waals surface area contributed by atoms with Crippen molar-refractivity contribution in [2.75, 3.05) is 25.6 Å². The van der Waals surface area contributed by atoms with Gasteiger partial charge >= 0.3 is 0 Å². The van der Waals surface area contributed by atoms with Crippen molar-refractivity contribution in [1.82, 2.24) is 4.98 Å². The van der Waals surface area contributed by atoms with Crippen molar-refractivity contribution in [2.24, 2.45) is 5.92 Å².